The number of hydrogen-bond donors (Lipinski definition) is 0. The highest BCUT2D eigenvalue weighted by molar-refractivity contribution is 6.10. The number of fused-ring (bicyclic) bond motifs is 3. The van der Waals surface area contributed by atoms with Gasteiger partial charge in [0.1, 0.15) is 0 Å². The van der Waals surface area contributed by atoms with Gasteiger partial charge in [0.2, 0.25) is 0 Å². The van der Waals surface area contributed by atoms with Gasteiger partial charge in [-0.1, -0.05) is 218 Å². The molecule has 2 nitrogen and oxygen atoms in total. The Bertz CT molecular complexity index is 3710. The Morgan fingerprint density at radius 3 is 1.43 bits per heavy atom. The zero-order valence-electron chi connectivity index (χ0n) is 37.5. The first-order valence-corrected chi connectivity index (χ1v) is 23.3. The average molecular weight is 867 g/mol. The second-order valence-electron chi connectivity index (χ2n) is 17.3. The van der Waals surface area contributed by atoms with Crippen molar-refractivity contribution in [3.05, 3.63) is 279 Å². The summed E-state index contributed by atoms with van der Waals surface area (Å²) in [5.74, 6) is 0. The fourth-order valence-corrected chi connectivity index (χ4v) is 10.0. The lowest BCUT2D eigenvalue weighted by Crippen LogP contribution is -2.12. The maximum atomic E-state index is 2.46. The Morgan fingerprint density at radius 1 is 0.250 bits per heavy atom. The van der Waals surface area contributed by atoms with Crippen molar-refractivity contribution in [1.29, 1.82) is 0 Å². The van der Waals surface area contributed by atoms with E-state index < -0.39 is 0 Å². The van der Waals surface area contributed by atoms with Crippen LogP contribution in [0.25, 0.3) is 94.3 Å². The zero-order chi connectivity index (χ0) is 45.2. The van der Waals surface area contributed by atoms with Gasteiger partial charge in [0.15, 0.2) is 0 Å². The number of nitrogens with zero attached hydrogens (tertiary/aromatic N) is 2. The Hall–Kier alpha value is -8.98. The molecule has 1 aromatic heterocycles. The van der Waals surface area contributed by atoms with Gasteiger partial charge in [0.25, 0.3) is 0 Å². The molecule has 0 saturated heterocycles. The summed E-state index contributed by atoms with van der Waals surface area (Å²) >= 11 is 0. The summed E-state index contributed by atoms with van der Waals surface area (Å²) in [5.41, 5.74) is 20.8. The minimum Gasteiger partial charge on any atom is -0.310 e. The van der Waals surface area contributed by atoms with Gasteiger partial charge in [-0.05, 0) is 122 Å². The lowest BCUT2D eigenvalue weighted by molar-refractivity contribution is 1.18. The van der Waals surface area contributed by atoms with Crippen LogP contribution in [0.2, 0.25) is 0 Å². The highest BCUT2D eigenvalue weighted by Gasteiger charge is 2.23. The van der Waals surface area contributed by atoms with E-state index >= 15 is 0 Å². The zero-order valence-corrected chi connectivity index (χ0v) is 37.5. The summed E-state index contributed by atoms with van der Waals surface area (Å²) in [5, 5.41) is 2.48. The van der Waals surface area contributed by atoms with E-state index in [0.29, 0.717) is 0 Å². The van der Waals surface area contributed by atoms with Crippen molar-refractivity contribution >= 4 is 38.9 Å². The number of rotatable bonds is 10. The Kier molecular flexibility index (Phi) is 10.6. The van der Waals surface area contributed by atoms with Crippen LogP contribution in [0.15, 0.2) is 279 Å². The van der Waals surface area contributed by atoms with E-state index in [1.807, 2.05) is 0 Å². The van der Waals surface area contributed by atoms with E-state index in [9.17, 15) is 0 Å². The SMILES string of the molecule is c1ccc(-c2cccc(-c3ccc(N(c4cccc(-c5ccc6c7ccccc7n(-c7ccccc7)c6c5)c4)c4cccc(-c5ccccc5)c4-c4ccccc4-c4ccccc4)cc3)c2)cc1. The Morgan fingerprint density at radius 2 is 0.721 bits per heavy atom. The second kappa shape index (κ2) is 17.8. The van der Waals surface area contributed by atoms with Crippen molar-refractivity contribution in [2.75, 3.05) is 4.90 Å². The van der Waals surface area contributed by atoms with E-state index in [0.717, 1.165) is 50.6 Å². The van der Waals surface area contributed by atoms with Gasteiger partial charge in [-0.3, -0.25) is 0 Å². The molecule has 0 N–H and O–H groups in total. The molecule has 0 fully saturated rings. The standard InChI is InChI=1S/C66H46N2/c1-5-20-47(21-6-1)51-26-17-27-52(44-51)48-38-41-56(42-39-48)67(64-37-19-35-59(50-24-9-3-10-25-50)66(64)62-34-14-13-32-58(62)49-22-7-2-8-23-49)57-31-18-28-53(45-57)54-40-43-61-60-33-15-16-36-63(60)68(65(61)46-54)55-29-11-4-12-30-55/h1-46H. The molecule has 0 saturated carbocycles. The molecule has 0 amide bonds. The molecule has 12 aromatic rings. The molecule has 320 valence electrons. The molecule has 0 aliphatic carbocycles. The first kappa shape index (κ1) is 40.5. The molecular formula is C66H46N2. The first-order chi connectivity index (χ1) is 33.7. The predicted molar refractivity (Wildman–Crippen MR) is 288 cm³/mol. The third kappa shape index (κ3) is 7.54. The van der Waals surface area contributed by atoms with Crippen LogP contribution < -0.4 is 4.90 Å². The molecule has 0 aliphatic rings. The van der Waals surface area contributed by atoms with Crippen LogP contribution in [0.1, 0.15) is 0 Å². The molecule has 0 aliphatic heterocycles. The predicted octanol–water partition coefficient (Wildman–Crippen LogP) is 18.3. The highest BCUT2D eigenvalue weighted by Crippen LogP contribution is 2.49. The lowest BCUT2D eigenvalue weighted by Gasteiger charge is -2.30. The van der Waals surface area contributed by atoms with Crippen molar-refractivity contribution < 1.29 is 0 Å². The van der Waals surface area contributed by atoms with E-state index in [4.69, 9.17) is 0 Å². The van der Waals surface area contributed by atoms with Gasteiger partial charge in [-0.25, -0.2) is 0 Å². The van der Waals surface area contributed by atoms with Gasteiger partial charge in [-0.15, -0.1) is 0 Å². The number of para-hydroxylation sites is 2. The van der Waals surface area contributed by atoms with E-state index in [-0.39, 0.29) is 0 Å². The largest absolute Gasteiger partial charge is 0.310 e. The Balaban J connectivity index is 1.06. The number of aromatic nitrogens is 1. The summed E-state index contributed by atoms with van der Waals surface area (Å²) in [7, 11) is 0. The minimum absolute atomic E-state index is 1.06. The second-order valence-corrected chi connectivity index (χ2v) is 17.3. The van der Waals surface area contributed by atoms with E-state index in [1.165, 1.54) is 60.8 Å². The van der Waals surface area contributed by atoms with Gasteiger partial charge >= 0.3 is 0 Å². The van der Waals surface area contributed by atoms with E-state index in [1.54, 1.807) is 0 Å². The normalized spacial score (nSPS) is 11.2. The monoisotopic (exact) mass is 866 g/mol. The molecule has 2 heteroatoms. The molecule has 1 heterocycles. The van der Waals surface area contributed by atoms with Gasteiger partial charge in [0, 0.05) is 33.4 Å². The summed E-state index contributed by atoms with van der Waals surface area (Å²) < 4.78 is 2.40. The van der Waals surface area contributed by atoms with E-state index in [2.05, 4.69) is 289 Å². The van der Waals surface area contributed by atoms with Gasteiger partial charge in [0.05, 0.1) is 16.7 Å². The molecule has 12 rings (SSSR count). The molecular weight excluding hydrogens is 821 g/mol. The molecule has 0 bridgehead atoms. The Labute approximate surface area is 397 Å². The molecule has 0 atom stereocenters. The summed E-state index contributed by atoms with van der Waals surface area (Å²) in [6.07, 6.45) is 0. The third-order valence-electron chi connectivity index (χ3n) is 13.2. The maximum Gasteiger partial charge on any atom is 0.0547 e. The molecule has 0 spiro atoms. The summed E-state index contributed by atoms with van der Waals surface area (Å²) in [6, 6.07) is 101. The third-order valence-corrected chi connectivity index (χ3v) is 13.2. The molecule has 68 heavy (non-hydrogen) atoms. The van der Waals surface area contributed by atoms with Gasteiger partial charge in [-0.2, -0.15) is 0 Å². The highest BCUT2D eigenvalue weighted by atomic mass is 15.1. The topological polar surface area (TPSA) is 8.17 Å². The van der Waals surface area contributed by atoms with Crippen LogP contribution >= 0.6 is 0 Å². The maximum absolute atomic E-state index is 2.46. The fraction of sp³-hybridized carbons (Fsp3) is 0. The average Bonchev–Trinajstić information content (AvgIpc) is 3.76. The number of benzene rings is 11. The van der Waals surface area contributed by atoms with Crippen LogP contribution in [-0.2, 0) is 0 Å². The molecule has 11 aromatic carbocycles. The van der Waals surface area contributed by atoms with Crippen molar-refractivity contribution in [3.63, 3.8) is 0 Å². The van der Waals surface area contributed by atoms with Crippen LogP contribution in [-0.4, -0.2) is 4.57 Å². The summed E-state index contributed by atoms with van der Waals surface area (Å²) in [4.78, 5) is 2.46. The molecule has 0 unspecified atom stereocenters. The number of anilines is 3. The van der Waals surface area contributed by atoms with Crippen LogP contribution in [0.4, 0.5) is 17.1 Å². The van der Waals surface area contributed by atoms with Gasteiger partial charge < -0.3 is 9.47 Å². The van der Waals surface area contributed by atoms with Crippen molar-refractivity contribution in [3.8, 4) is 72.4 Å². The van der Waals surface area contributed by atoms with Crippen molar-refractivity contribution in [1.82, 2.24) is 4.57 Å². The van der Waals surface area contributed by atoms with Crippen molar-refractivity contribution in [2.45, 2.75) is 0 Å². The quantitative estimate of drug-likeness (QED) is 0.133. The lowest BCUT2D eigenvalue weighted by atomic mass is 9.87. The first-order valence-electron chi connectivity index (χ1n) is 23.3. The summed E-state index contributed by atoms with van der Waals surface area (Å²) in [6.45, 7) is 0. The number of hydrogen-bond acceptors (Lipinski definition) is 1. The van der Waals surface area contributed by atoms with Crippen LogP contribution in [0.5, 0.6) is 0 Å². The minimum atomic E-state index is 1.06. The fourth-order valence-electron chi connectivity index (χ4n) is 10.0. The van der Waals surface area contributed by atoms with Crippen LogP contribution in [0, 0.1) is 0 Å². The smallest absolute Gasteiger partial charge is 0.0547 e. The van der Waals surface area contributed by atoms with Crippen molar-refractivity contribution in [2.24, 2.45) is 0 Å². The van der Waals surface area contributed by atoms with Crippen LogP contribution in [0.3, 0.4) is 0 Å². The molecule has 0 radical (unpaired) electrons.